The Labute approximate surface area is 204 Å². The minimum atomic E-state index is 0.722. The van der Waals surface area contributed by atoms with E-state index in [0.29, 0.717) is 0 Å². The van der Waals surface area contributed by atoms with Crippen LogP contribution in [0.15, 0.2) is 61.2 Å². The molecule has 1 aliphatic rings. The van der Waals surface area contributed by atoms with Gasteiger partial charge in [-0.15, -0.1) is 0 Å². The summed E-state index contributed by atoms with van der Waals surface area (Å²) in [6.07, 6.45) is 4.31. The lowest BCUT2D eigenvalue weighted by atomic mass is 9.99. The molecule has 8 nitrogen and oxygen atoms in total. The van der Waals surface area contributed by atoms with Gasteiger partial charge in [0.15, 0.2) is 5.82 Å². The van der Waals surface area contributed by atoms with Crippen LogP contribution in [0.2, 0.25) is 0 Å². The van der Waals surface area contributed by atoms with Crippen LogP contribution >= 0.6 is 0 Å². The van der Waals surface area contributed by atoms with Crippen molar-refractivity contribution in [3.05, 3.63) is 77.9 Å². The zero-order chi connectivity index (χ0) is 23.8. The average molecular weight is 465 g/mol. The molecule has 0 radical (unpaired) electrons. The van der Waals surface area contributed by atoms with Gasteiger partial charge in [0.2, 0.25) is 0 Å². The lowest BCUT2D eigenvalue weighted by molar-refractivity contribution is 0.585. The van der Waals surface area contributed by atoms with Crippen LogP contribution in [-0.4, -0.2) is 50.7 Å². The Morgan fingerprint density at radius 3 is 2.69 bits per heavy atom. The van der Waals surface area contributed by atoms with Crippen LogP contribution in [0.25, 0.3) is 22.1 Å². The highest BCUT2D eigenvalue weighted by atomic mass is 15.2. The van der Waals surface area contributed by atoms with E-state index in [1.54, 1.807) is 6.33 Å². The van der Waals surface area contributed by atoms with Crippen molar-refractivity contribution in [1.29, 1.82) is 0 Å². The third kappa shape index (κ3) is 4.28. The predicted molar refractivity (Wildman–Crippen MR) is 140 cm³/mol. The van der Waals surface area contributed by atoms with Gasteiger partial charge in [0, 0.05) is 38.9 Å². The van der Waals surface area contributed by atoms with Crippen molar-refractivity contribution >= 4 is 39.4 Å². The van der Waals surface area contributed by atoms with E-state index in [1.807, 2.05) is 30.1 Å². The van der Waals surface area contributed by atoms with Crippen molar-refractivity contribution < 1.29 is 0 Å². The number of aromatic nitrogens is 5. The van der Waals surface area contributed by atoms with Gasteiger partial charge in [-0.2, -0.15) is 0 Å². The molecule has 0 spiro atoms. The summed E-state index contributed by atoms with van der Waals surface area (Å²) in [5.41, 5.74) is 8.56. The second kappa shape index (κ2) is 8.96. The van der Waals surface area contributed by atoms with Crippen molar-refractivity contribution in [3.8, 4) is 0 Å². The van der Waals surface area contributed by atoms with E-state index in [4.69, 9.17) is 4.98 Å². The molecule has 1 fully saturated rings. The first-order valence-electron chi connectivity index (χ1n) is 12.0. The smallest absolute Gasteiger partial charge is 0.160 e. The number of aryl methyl sites for hydroxylation is 2. The maximum Gasteiger partial charge on any atom is 0.160 e. The number of piperazine rings is 1. The van der Waals surface area contributed by atoms with Gasteiger partial charge in [0.1, 0.15) is 17.7 Å². The molecule has 5 aromatic rings. The topological polar surface area (TPSA) is 83.8 Å². The molecule has 176 valence electrons. The van der Waals surface area contributed by atoms with Gasteiger partial charge in [0.25, 0.3) is 0 Å². The number of fused-ring (bicyclic) bond motifs is 2. The van der Waals surface area contributed by atoms with Crippen LogP contribution in [0.3, 0.4) is 0 Å². The van der Waals surface area contributed by atoms with Gasteiger partial charge >= 0.3 is 0 Å². The van der Waals surface area contributed by atoms with Crippen molar-refractivity contribution in [3.63, 3.8) is 0 Å². The highest BCUT2D eigenvalue weighted by molar-refractivity contribution is 5.88. The van der Waals surface area contributed by atoms with Gasteiger partial charge in [-0.25, -0.2) is 19.9 Å². The molecule has 35 heavy (non-hydrogen) atoms. The van der Waals surface area contributed by atoms with E-state index < -0.39 is 0 Å². The zero-order valence-electron chi connectivity index (χ0n) is 20.0. The van der Waals surface area contributed by atoms with Gasteiger partial charge in [-0.05, 0) is 66.4 Å². The van der Waals surface area contributed by atoms with E-state index in [2.05, 4.69) is 73.8 Å². The quantitative estimate of drug-likeness (QED) is 0.407. The molecule has 3 aromatic heterocycles. The van der Waals surface area contributed by atoms with Gasteiger partial charge < -0.3 is 20.1 Å². The molecule has 0 atom stereocenters. The molecule has 0 bridgehead atoms. The summed E-state index contributed by atoms with van der Waals surface area (Å²) in [6, 6.07) is 17.0. The Morgan fingerprint density at radius 2 is 1.83 bits per heavy atom. The molecule has 2 N–H and O–H groups in total. The van der Waals surface area contributed by atoms with E-state index in [-0.39, 0.29) is 0 Å². The van der Waals surface area contributed by atoms with Crippen LogP contribution < -0.4 is 15.5 Å². The summed E-state index contributed by atoms with van der Waals surface area (Å²) in [7, 11) is 2.02. The monoisotopic (exact) mass is 464 g/mol. The molecular weight excluding hydrogens is 436 g/mol. The molecule has 0 aliphatic carbocycles. The number of benzene rings is 2. The minimum absolute atomic E-state index is 0.722. The Kier molecular flexibility index (Phi) is 5.50. The Bertz CT molecular complexity index is 1520. The molecule has 1 aliphatic heterocycles. The molecule has 0 unspecified atom stereocenters. The zero-order valence-corrected chi connectivity index (χ0v) is 20.0. The van der Waals surface area contributed by atoms with E-state index in [0.717, 1.165) is 72.0 Å². The number of hydrogen-bond acceptors (Lipinski definition) is 7. The van der Waals surface area contributed by atoms with Gasteiger partial charge in [-0.3, -0.25) is 0 Å². The summed E-state index contributed by atoms with van der Waals surface area (Å²) in [6.45, 7) is 5.99. The Hall–Kier alpha value is -4.04. The summed E-state index contributed by atoms with van der Waals surface area (Å²) in [5, 5.41) is 6.87. The standard InChI is InChI=1S/C27H28N8/c1-18-13-21(5-4-20(18)14-19-3-7-24-23(15-19)31-17-34(24)2)32-27-26-22(29-16-30-27)6-8-25(33-26)35-11-9-28-10-12-35/h3-8,13,15-17,28H,9-12,14H2,1-2H3,(H,29,30,32). The van der Waals surface area contributed by atoms with E-state index in [1.165, 1.54) is 16.7 Å². The second-order valence-corrected chi connectivity index (χ2v) is 9.12. The number of hydrogen-bond donors (Lipinski definition) is 2. The van der Waals surface area contributed by atoms with Crippen LogP contribution in [0.5, 0.6) is 0 Å². The molecule has 1 saturated heterocycles. The minimum Gasteiger partial charge on any atom is -0.354 e. The predicted octanol–water partition coefficient (Wildman–Crippen LogP) is 3.96. The van der Waals surface area contributed by atoms with E-state index >= 15 is 0 Å². The lowest BCUT2D eigenvalue weighted by Gasteiger charge is -2.28. The van der Waals surface area contributed by atoms with Crippen molar-refractivity contribution in [1.82, 2.24) is 29.8 Å². The fourth-order valence-corrected chi connectivity index (χ4v) is 4.71. The average Bonchev–Trinajstić information content (AvgIpc) is 3.26. The van der Waals surface area contributed by atoms with Crippen molar-refractivity contribution in [2.75, 3.05) is 36.4 Å². The maximum atomic E-state index is 4.92. The number of imidazole rings is 1. The summed E-state index contributed by atoms with van der Waals surface area (Å²) < 4.78 is 2.04. The first-order chi connectivity index (χ1) is 17.1. The molecule has 0 amide bonds. The van der Waals surface area contributed by atoms with Crippen LogP contribution in [0, 0.1) is 6.92 Å². The second-order valence-electron chi connectivity index (χ2n) is 9.12. The summed E-state index contributed by atoms with van der Waals surface area (Å²) in [4.78, 5) is 20.6. The van der Waals surface area contributed by atoms with E-state index in [9.17, 15) is 0 Å². The highest BCUT2D eigenvalue weighted by Crippen LogP contribution is 2.26. The lowest BCUT2D eigenvalue weighted by Crippen LogP contribution is -2.43. The Morgan fingerprint density at radius 1 is 0.943 bits per heavy atom. The fourth-order valence-electron chi connectivity index (χ4n) is 4.71. The third-order valence-corrected chi connectivity index (χ3v) is 6.70. The SMILES string of the molecule is Cc1cc(Nc2ncnc3ccc(N4CCNCC4)nc23)ccc1Cc1ccc2c(c1)ncn2C. The first kappa shape index (κ1) is 21.5. The third-order valence-electron chi connectivity index (χ3n) is 6.70. The number of pyridine rings is 1. The van der Waals surface area contributed by atoms with Crippen LogP contribution in [0.4, 0.5) is 17.3 Å². The van der Waals surface area contributed by atoms with Crippen LogP contribution in [0.1, 0.15) is 16.7 Å². The largest absolute Gasteiger partial charge is 0.354 e. The normalized spacial score (nSPS) is 14.1. The van der Waals surface area contributed by atoms with Crippen LogP contribution in [-0.2, 0) is 13.5 Å². The number of nitrogens with zero attached hydrogens (tertiary/aromatic N) is 6. The van der Waals surface area contributed by atoms with Crippen molar-refractivity contribution in [2.45, 2.75) is 13.3 Å². The van der Waals surface area contributed by atoms with Gasteiger partial charge in [0.05, 0.1) is 22.9 Å². The molecule has 2 aromatic carbocycles. The Balaban J connectivity index is 1.25. The number of anilines is 3. The molecule has 0 saturated carbocycles. The summed E-state index contributed by atoms with van der Waals surface area (Å²) >= 11 is 0. The molecule has 6 rings (SSSR count). The highest BCUT2D eigenvalue weighted by Gasteiger charge is 2.14. The first-order valence-corrected chi connectivity index (χ1v) is 12.0. The molecule has 8 heteroatoms. The van der Waals surface area contributed by atoms with Crippen molar-refractivity contribution in [2.24, 2.45) is 7.05 Å². The molecule has 4 heterocycles. The van der Waals surface area contributed by atoms with Gasteiger partial charge in [-0.1, -0.05) is 12.1 Å². The molecular formula is C27H28N8. The summed E-state index contributed by atoms with van der Waals surface area (Å²) in [5.74, 6) is 1.69. The maximum absolute atomic E-state index is 4.92. The number of rotatable bonds is 5. The number of nitrogens with one attached hydrogen (secondary N) is 2. The fraction of sp³-hybridized carbons (Fsp3) is 0.259.